The zero-order valence-electron chi connectivity index (χ0n) is 11.0. The highest BCUT2D eigenvalue weighted by Crippen LogP contribution is 2.04. The van der Waals surface area contributed by atoms with E-state index in [-0.39, 0.29) is 18.6 Å². The van der Waals surface area contributed by atoms with E-state index in [1.807, 2.05) is 0 Å². The van der Waals surface area contributed by atoms with Gasteiger partial charge in [-0.2, -0.15) is 0 Å². The summed E-state index contributed by atoms with van der Waals surface area (Å²) in [6.07, 6.45) is 2.36. The summed E-state index contributed by atoms with van der Waals surface area (Å²) < 4.78 is 0. The summed E-state index contributed by atoms with van der Waals surface area (Å²) in [5.74, 6) is 0.735. The molecule has 0 fully saturated rings. The first-order valence-electron chi connectivity index (χ1n) is 6.01. The van der Waals surface area contributed by atoms with Gasteiger partial charge in [0.15, 0.2) is 0 Å². The summed E-state index contributed by atoms with van der Waals surface area (Å²) in [6, 6.07) is 0.162. The Morgan fingerprint density at radius 3 is 2.44 bits per heavy atom. The molecule has 0 saturated heterocycles. The summed E-state index contributed by atoms with van der Waals surface area (Å²) in [5.41, 5.74) is 0. The molecule has 0 rings (SSSR count). The number of aliphatic hydroxyl groups is 1. The maximum absolute atomic E-state index is 11.3. The minimum absolute atomic E-state index is 0.159. The third-order valence-corrected chi connectivity index (χ3v) is 2.48. The van der Waals surface area contributed by atoms with Gasteiger partial charge in [0.2, 0.25) is 5.91 Å². The lowest BCUT2D eigenvalue weighted by atomic mass is 10.0. The van der Waals surface area contributed by atoms with Crippen LogP contribution in [0.15, 0.2) is 0 Å². The van der Waals surface area contributed by atoms with Gasteiger partial charge in [0.1, 0.15) is 0 Å². The van der Waals surface area contributed by atoms with Crippen LogP contribution in [-0.2, 0) is 4.79 Å². The lowest BCUT2D eigenvalue weighted by Crippen LogP contribution is -2.35. The maximum Gasteiger partial charge on any atom is 0.222 e. The van der Waals surface area contributed by atoms with Gasteiger partial charge in [0.05, 0.1) is 6.61 Å². The van der Waals surface area contributed by atoms with Crippen molar-refractivity contribution in [1.82, 2.24) is 10.2 Å². The van der Waals surface area contributed by atoms with Crippen LogP contribution in [0.3, 0.4) is 0 Å². The standard InChI is InChI=1S/C12H26N2O2/c1-10(2)8-11(9-15)13-7-5-6-12(16)14(3)4/h10-11,13,15H,5-9H2,1-4H3. The highest BCUT2D eigenvalue weighted by molar-refractivity contribution is 5.75. The van der Waals surface area contributed by atoms with Crippen molar-refractivity contribution in [3.05, 3.63) is 0 Å². The van der Waals surface area contributed by atoms with E-state index in [2.05, 4.69) is 19.2 Å². The van der Waals surface area contributed by atoms with Gasteiger partial charge in [-0.15, -0.1) is 0 Å². The van der Waals surface area contributed by atoms with Gasteiger partial charge in [-0.05, 0) is 25.3 Å². The summed E-state index contributed by atoms with van der Waals surface area (Å²) in [6.45, 7) is 5.23. The zero-order chi connectivity index (χ0) is 12.6. The van der Waals surface area contributed by atoms with Gasteiger partial charge in [-0.3, -0.25) is 4.79 Å². The van der Waals surface area contributed by atoms with Crippen LogP contribution < -0.4 is 5.32 Å². The molecule has 0 spiro atoms. The van der Waals surface area contributed by atoms with Gasteiger partial charge >= 0.3 is 0 Å². The van der Waals surface area contributed by atoms with Crippen LogP contribution in [-0.4, -0.2) is 49.2 Å². The lowest BCUT2D eigenvalue weighted by Gasteiger charge is -2.18. The Morgan fingerprint density at radius 2 is 2.00 bits per heavy atom. The highest BCUT2D eigenvalue weighted by atomic mass is 16.3. The number of rotatable bonds is 8. The van der Waals surface area contributed by atoms with E-state index in [1.54, 1.807) is 19.0 Å². The molecule has 1 atom stereocenters. The van der Waals surface area contributed by atoms with Crippen molar-refractivity contribution in [1.29, 1.82) is 0 Å². The Bertz CT molecular complexity index is 193. The average Bonchev–Trinajstić information content (AvgIpc) is 2.21. The van der Waals surface area contributed by atoms with Crippen molar-refractivity contribution >= 4 is 5.91 Å². The first-order valence-corrected chi connectivity index (χ1v) is 6.01. The van der Waals surface area contributed by atoms with E-state index in [0.29, 0.717) is 12.3 Å². The quantitative estimate of drug-likeness (QED) is 0.608. The molecule has 16 heavy (non-hydrogen) atoms. The normalized spacial score (nSPS) is 12.9. The number of hydrogen-bond donors (Lipinski definition) is 2. The minimum atomic E-state index is 0.159. The fourth-order valence-electron chi connectivity index (χ4n) is 1.56. The topological polar surface area (TPSA) is 52.6 Å². The number of carbonyl (C=O) groups is 1. The third-order valence-electron chi connectivity index (χ3n) is 2.48. The molecule has 0 aliphatic heterocycles. The van der Waals surface area contributed by atoms with E-state index in [1.165, 1.54) is 0 Å². The van der Waals surface area contributed by atoms with E-state index in [9.17, 15) is 4.79 Å². The minimum Gasteiger partial charge on any atom is -0.395 e. The van der Waals surface area contributed by atoms with Gasteiger partial charge in [0.25, 0.3) is 0 Å². The number of amides is 1. The number of nitrogens with zero attached hydrogens (tertiary/aromatic N) is 1. The SMILES string of the molecule is CC(C)CC(CO)NCCCC(=O)N(C)C. The molecule has 0 aliphatic carbocycles. The van der Waals surface area contributed by atoms with Crippen molar-refractivity contribution in [2.45, 2.75) is 39.2 Å². The molecule has 0 radical (unpaired) electrons. The third kappa shape index (κ3) is 7.65. The second kappa shape index (κ2) is 8.53. The molecule has 0 aromatic rings. The number of hydrogen-bond acceptors (Lipinski definition) is 3. The Morgan fingerprint density at radius 1 is 1.38 bits per heavy atom. The monoisotopic (exact) mass is 230 g/mol. The average molecular weight is 230 g/mol. The Labute approximate surface area is 99.0 Å². The van der Waals surface area contributed by atoms with Gasteiger partial charge in [0, 0.05) is 26.6 Å². The zero-order valence-corrected chi connectivity index (χ0v) is 11.0. The largest absolute Gasteiger partial charge is 0.395 e. The molecule has 0 bridgehead atoms. The number of aliphatic hydroxyl groups excluding tert-OH is 1. The fraction of sp³-hybridized carbons (Fsp3) is 0.917. The molecule has 0 aromatic heterocycles. The van der Waals surface area contributed by atoms with Gasteiger partial charge < -0.3 is 15.3 Å². The van der Waals surface area contributed by atoms with E-state index >= 15 is 0 Å². The number of carbonyl (C=O) groups excluding carboxylic acids is 1. The molecule has 0 aliphatic rings. The summed E-state index contributed by atoms with van der Waals surface area (Å²) >= 11 is 0. The molecule has 1 unspecified atom stereocenters. The highest BCUT2D eigenvalue weighted by Gasteiger charge is 2.09. The molecule has 0 heterocycles. The van der Waals surface area contributed by atoms with Crippen LogP contribution in [0.5, 0.6) is 0 Å². The lowest BCUT2D eigenvalue weighted by molar-refractivity contribution is -0.128. The van der Waals surface area contributed by atoms with Crippen LogP contribution in [0.2, 0.25) is 0 Å². The first-order chi connectivity index (χ1) is 7.47. The molecule has 2 N–H and O–H groups in total. The molecular weight excluding hydrogens is 204 g/mol. The van der Waals surface area contributed by atoms with Crippen molar-refractivity contribution in [2.75, 3.05) is 27.2 Å². The van der Waals surface area contributed by atoms with E-state index in [0.717, 1.165) is 19.4 Å². The van der Waals surface area contributed by atoms with Crippen molar-refractivity contribution in [2.24, 2.45) is 5.92 Å². The van der Waals surface area contributed by atoms with E-state index < -0.39 is 0 Å². The van der Waals surface area contributed by atoms with Crippen LogP contribution >= 0.6 is 0 Å². The van der Waals surface area contributed by atoms with Crippen molar-refractivity contribution in [3.63, 3.8) is 0 Å². The summed E-state index contributed by atoms with van der Waals surface area (Å²) in [5, 5.41) is 12.4. The molecule has 4 nitrogen and oxygen atoms in total. The Balaban J connectivity index is 3.59. The van der Waals surface area contributed by atoms with Gasteiger partial charge in [-0.1, -0.05) is 13.8 Å². The Kier molecular flexibility index (Phi) is 8.21. The summed E-state index contributed by atoms with van der Waals surface area (Å²) in [4.78, 5) is 12.9. The molecule has 1 amide bonds. The van der Waals surface area contributed by atoms with Crippen molar-refractivity contribution in [3.8, 4) is 0 Å². The fourth-order valence-corrected chi connectivity index (χ4v) is 1.56. The molecule has 96 valence electrons. The smallest absolute Gasteiger partial charge is 0.222 e. The van der Waals surface area contributed by atoms with Crippen LogP contribution in [0.25, 0.3) is 0 Å². The van der Waals surface area contributed by atoms with Crippen LogP contribution in [0.1, 0.15) is 33.1 Å². The second-order valence-corrected chi connectivity index (χ2v) is 4.85. The maximum atomic E-state index is 11.3. The predicted octanol–water partition coefficient (Wildman–Crippen LogP) is 0.851. The Hall–Kier alpha value is -0.610. The van der Waals surface area contributed by atoms with E-state index in [4.69, 9.17) is 5.11 Å². The van der Waals surface area contributed by atoms with Gasteiger partial charge in [-0.25, -0.2) is 0 Å². The second-order valence-electron chi connectivity index (χ2n) is 4.85. The predicted molar refractivity (Wildman–Crippen MR) is 66.3 cm³/mol. The summed E-state index contributed by atoms with van der Waals surface area (Å²) in [7, 11) is 3.54. The number of nitrogens with one attached hydrogen (secondary N) is 1. The van der Waals surface area contributed by atoms with Crippen LogP contribution in [0.4, 0.5) is 0 Å². The van der Waals surface area contributed by atoms with Crippen molar-refractivity contribution < 1.29 is 9.90 Å². The molecule has 4 heteroatoms. The first kappa shape index (κ1) is 15.4. The molecule has 0 aromatic carbocycles. The molecule has 0 saturated carbocycles. The van der Waals surface area contributed by atoms with Crippen LogP contribution in [0, 0.1) is 5.92 Å². The molecular formula is C12H26N2O2.